The molecule has 2 rings (SSSR count). The van der Waals surface area contributed by atoms with E-state index in [4.69, 9.17) is 17.0 Å². The van der Waals surface area contributed by atoms with Crippen LogP contribution < -0.4 is 19.7 Å². The first kappa shape index (κ1) is 21.0. The summed E-state index contributed by atoms with van der Waals surface area (Å²) < 4.78 is 29.8. The summed E-state index contributed by atoms with van der Waals surface area (Å²) >= 11 is 5.43. The highest BCUT2D eigenvalue weighted by molar-refractivity contribution is 7.92. The molecule has 1 atom stereocenters. The number of ether oxygens (including phenoxy) is 1. The summed E-state index contributed by atoms with van der Waals surface area (Å²) in [5, 5.41) is 6.88. The van der Waals surface area contributed by atoms with Gasteiger partial charge in [0.25, 0.3) is 0 Å². The summed E-state index contributed by atoms with van der Waals surface area (Å²) in [6.07, 6.45) is 2.02. The van der Waals surface area contributed by atoms with Gasteiger partial charge in [-0.15, -0.1) is 0 Å². The number of methoxy groups -OCH3 is 1. The summed E-state index contributed by atoms with van der Waals surface area (Å²) in [7, 11) is -0.166. The van der Waals surface area contributed by atoms with E-state index in [1.807, 2.05) is 30.3 Å². The van der Waals surface area contributed by atoms with Crippen molar-refractivity contribution >= 4 is 38.7 Å². The lowest BCUT2D eigenvalue weighted by Gasteiger charge is -2.21. The smallest absolute Gasteiger partial charge is 0.231 e. The molecule has 0 saturated carbocycles. The van der Waals surface area contributed by atoms with Crippen LogP contribution in [0, 0.1) is 0 Å². The normalized spacial score (nSPS) is 12.1. The van der Waals surface area contributed by atoms with Gasteiger partial charge in [-0.2, -0.15) is 0 Å². The molecule has 0 bridgehead atoms. The molecule has 0 radical (unpaired) electrons. The SMILES string of the molecule is CC[C@H](NC(=S)Nc1cccc(N(C)S(C)(=O)=O)c1)c1ccc(OC)cc1. The number of hydrogen-bond donors (Lipinski definition) is 2. The first-order chi connectivity index (χ1) is 12.7. The zero-order chi connectivity index (χ0) is 20.0. The van der Waals surface area contributed by atoms with Gasteiger partial charge in [-0.25, -0.2) is 8.42 Å². The highest BCUT2D eigenvalue weighted by Crippen LogP contribution is 2.22. The minimum atomic E-state index is -3.32. The highest BCUT2D eigenvalue weighted by atomic mass is 32.2. The van der Waals surface area contributed by atoms with E-state index in [1.54, 1.807) is 25.3 Å². The van der Waals surface area contributed by atoms with E-state index in [0.29, 0.717) is 16.5 Å². The minimum Gasteiger partial charge on any atom is -0.497 e. The van der Waals surface area contributed by atoms with Gasteiger partial charge in [0.05, 0.1) is 25.1 Å². The third-order valence-corrected chi connectivity index (χ3v) is 5.62. The number of benzene rings is 2. The summed E-state index contributed by atoms with van der Waals surface area (Å²) in [6.45, 7) is 2.08. The van der Waals surface area contributed by atoms with Crippen LogP contribution in [0.1, 0.15) is 24.9 Å². The Kier molecular flexibility index (Phi) is 7.04. The van der Waals surface area contributed by atoms with Crippen molar-refractivity contribution < 1.29 is 13.2 Å². The topological polar surface area (TPSA) is 70.7 Å². The van der Waals surface area contributed by atoms with Gasteiger partial charge in [0.1, 0.15) is 5.75 Å². The number of hydrogen-bond acceptors (Lipinski definition) is 4. The Balaban J connectivity index is 2.07. The summed E-state index contributed by atoms with van der Waals surface area (Å²) in [4.78, 5) is 0. The maximum Gasteiger partial charge on any atom is 0.231 e. The van der Waals surface area contributed by atoms with Crippen molar-refractivity contribution in [2.45, 2.75) is 19.4 Å². The molecule has 0 amide bonds. The summed E-state index contributed by atoms with van der Waals surface area (Å²) in [6, 6.07) is 15.0. The second kappa shape index (κ2) is 9.05. The molecule has 0 aliphatic carbocycles. The molecule has 2 aromatic carbocycles. The monoisotopic (exact) mass is 407 g/mol. The zero-order valence-electron chi connectivity index (χ0n) is 15.9. The lowest BCUT2D eigenvalue weighted by molar-refractivity contribution is 0.414. The van der Waals surface area contributed by atoms with E-state index in [-0.39, 0.29) is 6.04 Å². The van der Waals surface area contributed by atoms with Crippen LogP contribution in [-0.4, -0.2) is 33.9 Å². The van der Waals surface area contributed by atoms with Crippen LogP contribution in [0.25, 0.3) is 0 Å². The van der Waals surface area contributed by atoms with Crippen molar-refractivity contribution in [1.82, 2.24) is 5.32 Å². The Morgan fingerprint density at radius 3 is 2.44 bits per heavy atom. The Bertz CT molecular complexity index is 883. The average molecular weight is 408 g/mol. The van der Waals surface area contributed by atoms with Crippen LogP contribution in [0.3, 0.4) is 0 Å². The number of nitrogens with one attached hydrogen (secondary N) is 2. The van der Waals surface area contributed by atoms with Crippen LogP contribution in [-0.2, 0) is 10.0 Å². The maximum absolute atomic E-state index is 11.7. The molecule has 2 N–H and O–H groups in total. The third-order valence-electron chi connectivity index (χ3n) is 4.20. The van der Waals surface area contributed by atoms with Crippen molar-refractivity contribution in [2.75, 3.05) is 30.0 Å². The summed E-state index contributed by atoms with van der Waals surface area (Å²) in [5.41, 5.74) is 2.38. The molecule has 0 aliphatic rings. The Labute approximate surface area is 166 Å². The van der Waals surface area contributed by atoms with Gasteiger partial charge in [-0.1, -0.05) is 25.1 Å². The van der Waals surface area contributed by atoms with E-state index in [2.05, 4.69) is 17.6 Å². The molecule has 0 heterocycles. The molecular weight excluding hydrogens is 382 g/mol. The van der Waals surface area contributed by atoms with Gasteiger partial charge in [0.2, 0.25) is 10.0 Å². The largest absolute Gasteiger partial charge is 0.497 e. The molecule has 6 nitrogen and oxygen atoms in total. The Morgan fingerprint density at radius 1 is 1.22 bits per heavy atom. The molecule has 0 aliphatic heterocycles. The first-order valence-corrected chi connectivity index (χ1v) is 10.8. The van der Waals surface area contributed by atoms with Crippen LogP contribution in [0.4, 0.5) is 11.4 Å². The lowest BCUT2D eigenvalue weighted by atomic mass is 10.0. The van der Waals surface area contributed by atoms with Gasteiger partial charge in [0.15, 0.2) is 5.11 Å². The molecule has 8 heteroatoms. The second-order valence-electron chi connectivity index (χ2n) is 6.11. The van der Waals surface area contributed by atoms with E-state index < -0.39 is 10.0 Å². The minimum absolute atomic E-state index is 0.0535. The fourth-order valence-electron chi connectivity index (χ4n) is 2.55. The number of rotatable bonds is 7. The Hall–Kier alpha value is -2.32. The first-order valence-electron chi connectivity index (χ1n) is 8.50. The molecule has 0 fully saturated rings. The number of thiocarbonyl (C=S) groups is 1. The molecule has 2 aromatic rings. The number of anilines is 2. The number of nitrogens with zero attached hydrogens (tertiary/aromatic N) is 1. The van der Waals surface area contributed by atoms with Gasteiger partial charge >= 0.3 is 0 Å². The molecular formula is C19H25N3O3S2. The van der Waals surface area contributed by atoms with Crippen LogP contribution in [0.2, 0.25) is 0 Å². The molecule has 0 spiro atoms. The van der Waals surface area contributed by atoms with Gasteiger partial charge in [0, 0.05) is 12.7 Å². The van der Waals surface area contributed by atoms with E-state index in [9.17, 15) is 8.42 Å². The molecule has 0 unspecified atom stereocenters. The van der Waals surface area contributed by atoms with Crippen LogP contribution in [0.5, 0.6) is 5.75 Å². The zero-order valence-corrected chi connectivity index (χ0v) is 17.5. The lowest BCUT2D eigenvalue weighted by Crippen LogP contribution is -2.32. The second-order valence-corrected chi connectivity index (χ2v) is 8.54. The van der Waals surface area contributed by atoms with E-state index in [1.165, 1.54) is 17.6 Å². The molecule has 146 valence electrons. The van der Waals surface area contributed by atoms with Gasteiger partial charge in [-0.3, -0.25) is 4.31 Å². The maximum atomic E-state index is 11.7. The Morgan fingerprint density at radius 2 is 1.89 bits per heavy atom. The molecule has 27 heavy (non-hydrogen) atoms. The van der Waals surface area contributed by atoms with Crippen LogP contribution >= 0.6 is 12.2 Å². The third kappa shape index (κ3) is 5.83. The fourth-order valence-corrected chi connectivity index (χ4v) is 3.31. The fraction of sp³-hybridized carbons (Fsp3) is 0.316. The van der Waals surface area contributed by atoms with Crippen molar-refractivity contribution in [3.8, 4) is 5.75 Å². The molecule has 0 saturated heterocycles. The van der Waals surface area contributed by atoms with Gasteiger partial charge < -0.3 is 15.4 Å². The van der Waals surface area contributed by atoms with Gasteiger partial charge in [-0.05, 0) is 54.5 Å². The molecule has 0 aromatic heterocycles. The average Bonchev–Trinajstić information content (AvgIpc) is 2.65. The van der Waals surface area contributed by atoms with E-state index >= 15 is 0 Å². The van der Waals surface area contributed by atoms with Crippen molar-refractivity contribution in [3.05, 3.63) is 54.1 Å². The van der Waals surface area contributed by atoms with Crippen molar-refractivity contribution in [2.24, 2.45) is 0 Å². The predicted octanol–water partition coefficient (Wildman–Crippen LogP) is 3.53. The number of sulfonamides is 1. The predicted molar refractivity (Wildman–Crippen MR) is 115 cm³/mol. The summed E-state index contributed by atoms with van der Waals surface area (Å²) in [5.74, 6) is 0.807. The standard InChI is InChI=1S/C19H25N3O3S2/c1-5-18(14-9-11-17(25-3)12-10-14)21-19(26)20-15-7-6-8-16(13-15)22(2)27(4,23)24/h6-13,18H,5H2,1-4H3,(H2,20,21,26)/t18-/m0/s1. The quantitative estimate of drug-likeness (QED) is 0.684. The van der Waals surface area contributed by atoms with Crippen molar-refractivity contribution in [1.29, 1.82) is 0 Å². The van der Waals surface area contributed by atoms with E-state index in [0.717, 1.165) is 17.7 Å². The highest BCUT2D eigenvalue weighted by Gasteiger charge is 2.14. The van der Waals surface area contributed by atoms with Crippen molar-refractivity contribution in [3.63, 3.8) is 0 Å². The van der Waals surface area contributed by atoms with Crippen LogP contribution in [0.15, 0.2) is 48.5 Å².